The van der Waals surface area contributed by atoms with Gasteiger partial charge < -0.3 is 15.4 Å². The molecule has 0 unspecified atom stereocenters. The maximum Gasteiger partial charge on any atom is 0.335 e. The predicted molar refractivity (Wildman–Crippen MR) is 68.2 cm³/mol. The molecule has 0 aliphatic carbocycles. The van der Waals surface area contributed by atoms with E-state index in [1.54, 1.807) is 6.92 Å². The number of amides is 1. The van der Waals surface area contributed by atoms with Crippen molar-refractivity contribution in [3.8, 4) is 0 Å². The minimum atomic E-state index is -1.08. The van der Waals surface area contributed by atoms with E-state index >= 15 is 0 Å². The topological polar surface area (TPSA) is 104 Å². The fourth-order valence-electron chi connectivity index (χ4n) is 1.84. The molecular formula is C12H13N3O4. The maximum absolute atomic E-state index is 11.7. The minimum Gasteiger partial charge on any atom is -0.478 e. The highest BCUT2D eigenvalue weighted by Gasteiger charge is 2.12. The molecule has 2 aromatic rings. The van der Waals surface area contributed by atoms with Gasteiger partial charge in [0, 0.05) is 6.54 Å². The Labute approximate surface area is 107 Å². The summed E-state index contributed by atoms with van der Waals surface area (Å²) < 4.78 is 1.22. The summed E-state index contributed by atoms with van der Waals surface area (Å²) in [5, 5.41) is 11.5. The molecule has 0 aliphatic heterocycles. The monoisotopic (exact) mass is 263 g/mol. The molecule has 3 N–H and O–H groups in total. The van der Waals surface area contributed by atoms with E-state index in [1.807, 2.05) is 0 Å². The number of carbonyl (C=O) groups excluding carboxylic acids is 1. The van der Waals surface area contributed by atoms with Crippen LogP contribution in [0.15, 0.2) is 23.0 Å². The van der Waals surface area contributed by atoms with Crippen LogP contribution >= 0.6 is 0 Å². The molecule has 2 rings (SSSR count). The van der Waals surface area contributed by atoms with Gasteiger partial charge in [-0.2, -0.15) is 0 Å². The molecule has 19 heavy (non-hydrogen) atoms. The van der Waals surface area contributed by atoms with Crippen molar-refractivity contribution in [2.75, 3.05) is 6.54 Å². The molecule has 0 saturated heterocycles. The second-order valence-electron chi connectivity index (χ2n) is 4.01. The summed E-state index contributed by atoms with van der Waals surface area (Å²) in [5.74, 6) is -1.38. The van der Waals surface area contributed by atoms with E-state index in [0.717, 1.165) is 0 Å². The lowest BCUT2D eigenvalue weighted by atomic mass is 10.2. The second kappa shape index (κ2) is 4.97. The quantitative estimate of drug-likeness (QED) is 0.731. The number of nitrogens with zero attached hydrogens (tertiary/aromatic N) is 1. The van der Waals surface area contributed by atoms with Crippen LogP contribution in [0.2, 0.25) is 0 Å². The van der Waals surface area contributed by atoms with E-state index in [-0.39, 0.29) is 18.0 Å². The van der Waals surface area contributed by atoms with E-state index in [4.69, 9.17) is 5.11 Å². The average molecular weight is 263 g/mol. The summed E-state index contributed by atoms with van der Waals surface area (Å²) >= 11 is 0. The number of benzene rings is 1. The van der Waals surface area contributed by atoms with Crippen LogP contribution in [0.1, 0.15) is 17.3 Å². The zero-order valence-electron chi connectivity index (χ0n) is 10.3. The number of hydrogen-bond acceptors (Lipinski definition) is 3. The molecule has 0 bridgehead atoms. The molecule has 1 heterocycles. The van der Waals surface area contributed by atoms with Crippen molar-refractivity contribution in [1.82, 2.24) is 14.9 Å². The summed E-state index contributed by atoms with van der Waals surface area (Å²) in [5.41, 5.74) is 0.524. The highest BCUT2D eigenvalue weighted by molar-refractivity contribution is 5.92. The van der Waals surface area contributed by atoms with Crippen LogP contribution in [0.25, 0.3) is 11.0 Å². The van der Waals surface area contributed by atoms with Gasteiger partial charge in [-0.1, -0.05) is 0 Å². The fourth-order valence-corrected chi connectivity index (χ4v) is 1.84. The van der Waals surface area contributed by atoms with E-state index in [9.17, 15) is 14.4 Å². The molecule has 0 saturated carbocycles. The van der Waals surface area contributed by atoms with Gasteiger partial charge in [0.1, 0.15) is 6.54 Å². The number of fused-ring (bicyclic) bond motifs is 1. The Morgan fingerprint density at radius 2 is 2.16 bits per heavy atom. The summed E-state index contributed by atoms with van der Waals surface area (Å²) in [6.45, 7) is 2.10. The zero-order valence-corrected chi connectivity index (χ0v) is 10.3. The number of carboxylic acids is 1. The number of imidazole rings is 1. The minimum absolute atomic E-state index is 0.0659. The Balaban J connectivity index is 2.50. The van der Waals surface area contributed by atoms with Crippen molar-refractivity contribution in [2.24, 2.45) is 0 Å². The number of H-pyrrole nitrogens is 1. The van der Waals surface area contributed by atoms with Crippen LogP contribution in [0.3, 0.4) is 0 Å². The van der Waals surface area contributed by atoms with E-state index in [2.05, 4.69) is 10.3 Å². The lowest BCUT2D eigenvalue weighted by Crippen LogP contribution is -2.31. The number of likely N-dealkylation sites (N-methyl/N-ethyl adjacent to an activating group) is 1. The first-order valence-electron chi connectivity index (χ1n) is 5.75. The number of aromatic amines is 1. The van der Waals surface area contributed by atoms with Crippen LogP contribution in [-0.4, -0.2) is 33.1 Å². The van der Waals surface area contributed by atoms with Crippen molar-refractivity contribution in [1.29, 1.82) is 0 Å². The molecule has 1 aromatic carbocycles. The van der Waals surface area contributed by atoms with E-state index in [1.165, 1.54) is 22.8 Å². The smallest absolute Gasteiger partial charge is 0.335 e. The van der Waals surface area contributed by atoms with Gasteiger partial charge in [-0.25, -0.2) is 9.59 Å². The van der Waals surface area contributed by atoms with Crippen LogP contribution in [-0.2, 0) is 11.3 Å². The summed E-state index contributed by atoms with van der Waals surface area (Å²) in [7, 11) is 0. The first-order valence-corrected chi connectivity index (χ1v) is 5.75. The average Bonchev–Trinajstić information content (AvgIpc) is 2.65. The van der Waals surface area contributed by atoms with Gasteiger partial charge >= 0.3 is 11.7 Å². The normalized spacial score (nSPS) is 10.6. The standard InChI is InChI=1S/C12H13N3O4/c1-2-13-10(16)6-15-9-5-7(11(17)18)3-4-8(9)14-12(15)19/h3-5H,2,6H2,1H3,(H,13,16)(H,14,19)(H,17,18). The molecule has 1 aromatic heterocycles. The van der Waals surface area contributed by atoms with Gasteiger partial charge in [0.15, 0.2) is 0 Å². The molecule has 0 radical (unpaired) electrons. The van der Waals surface area contributed by atoms with Crippen molar-refractivity contribution in [3.63, 3.8) is 0 Å². The molecule has 7 nitrogen and oxygen atoms in total. The largest absolute Gasteiger partial charge is 0.478 e. The zero-order chi connectivity index (χ0) is 14.0. The van der Waals surface area contributed by atoms with Gasteiger partial charge in [-0.3, -0.25) is 9.36 Å². The number of hydrogen-bond donors (Lipinski definition) is 3. The highest BCUT2D eigenvalue weighted by Crippen LogP contribution is 2.13. The Hall–Kier alpha value is -2.57. The SMILES string of the molecule is CCNC(=O)Cn1c(=O)[nH]c2ccc(C(=O)O)cc21. The van der Waals surface area contributed by atoms with E-state index in [0.29, 0.717) is 17.6 Å². The first-order chi connectivity index (χ1) is 9.02. The molecule has 1 amide bonds. The Morgan fingerprint density at radius 3 is 2.79 bits per heavy atom. The lowest BCUT2D eigenvalue weighted by molar-refractivity contribution is -0.121. The number of carboxylic acid groups (broad SMARTS) is 1. The van der Waals surface area contributed by atoms with Crippen LogP contribution in [0.5, 0.6) is 0 Å². The Kier molecular flexibility index (Phi) is 3.37. The third kappa shape index (κ3) is 2.49. The summed E-state index contributed by atoms with van der Waals surface area (Å²) in [6.07, 6.45) is 0. The second-order valence-corrected chi connectivity index (χ2v) is 4.01. The van der Waals surface area contributed by atoms with Gasteiger partial charge in [0.05, 0.1) is 16.6 Å². The van der Waals surface area contributed by atoms with Crippen LogP contribution < -0.4 is 11.0 Å². The molecular weight excluding hydrogens is 250 g/mol. The van der Waals surface area contributed by atoms with Crippen molar-refractivity contribution in [2.45, 2.75) is 13.5 Å². The predicted octanol–water partition coefficient (Wildman–Crippen LogP) is 0.164. The lowest BCUT2D eigenvalue weighted by Gasteiger charge is -2.04. The van der Waals surface area contributed by atoms with Crippen LogP contribution in [0, 0.1) is 0 Å². The van der Waals surface area contributed by atoms with E-state index < -0.39 is 11.7 Å². The fraction of sp³-hybridized carbons (Fsp3) is 0.250. The van der Waals surface area contributed by atoms with Crippen molar-refractivity contribution >= 4 is 22.9 Å². The molecule has 0 atom stereocenters. The number of rotatable bonds is 4. The third-order valence-corrected chi connectivity index (χ3v) is 2.70. The van der Waals surface area contributed by atoms with Gasteiger partial charge in [-0.05, 0) is 25.1 Å². The van der Waals surface area contributed by atoms with Gasteiger partial charge in [-0.15, -0.1) is 0 Å². The maximum atomic E-state index is 11.7. The van der Waals surface area contributed by atoms with Crippen molar-refractivity contribution < 1.29 is 14.7 Å². The molecule has 0 spiro atoms. The Bertz CT molecular complexity index is 699. The van der Waals surface area contributed by atoms with Gasteiger partial charge in [0.2, 0.25) is 5.91 Å². The highest BCUT2D eigenvalue weighted by atomic mass is 16.4. The summed E-state index contributed by atoms with van der Waals surface area (Å²) in [6, 6.07) is 4.28. The Morgan fingerprint density at radius 1 is 1.42 bits per heavy atom. The molecule has 0 aliphatic rings. The third-order valence-electron chi connectivity index (χ3n) is 2.70. The molecule has 100 valence electrons. The number of nitrogens with one attached hydrogen (secondary N) is 2. The number of aromatic nitrogens is 2. The van der Waals surface area contributed by atoms with Crippen LogP contribution in [0.4, 0.5) is 0 Å². The molecule has 7 heteroatoms. The number of carbonyl (C=O) groups is 2. The first kappa shape index (κ1) is 12.9. The van der Waals surface area contributed by atoms with Gasteiger partial charge in [0.25, 0.3) is 0 Å². The summed E-state index contributed by atoms with van der Waals surface area (Å²) in [4.78, 5) is 36.7. The van der Waals surface area contributed by atoms with Crippen molar-refractivity contribution in [3.05, 3.63) is 34.2 Å². The molecule has 0 fully saturated rings. The number of aromatic carboxylic acids is 1.